The molecule has 0 spiro atoms. The summed E-state index contributed by atoms with van der Waals surface area (Å²) in [5, 5.41) is 0. The third-order valence-electron chi connectivity index (χ3n) is 3.25. The zero-order valence-corrected chi connectivity index (χ0v) is 10.2. The van der Waals surface area contributed by atoms with E-state index in [0.29, 0.717) is 0 Å². The summed E-state index contributed by atoms with van der Waals surface area (Å²) in [5.74, 6) is 0.811. The summed E-state index contributed by atoms with van der Waals surface area (Å²) in [5.41, 5.74) is 4.05. The molecule has 0 aromatic heterocycles. The van der Waals surface area contributed by atoms with Gasteiger partial charge in [0, 0.05) is 0 Å². The van der Waals surface area contributed by atoms with Gasteiger partial charge in [0.15, 0.2) is 0 Å². The molecule has 0 heterocycles. The molecular weight excluding hydrogens is 192 g/mol. The topological polar surface area (TPSA) is 0 Å². The lowest BCUT2D eigenvalue weighted by Gasteiger charge is -2.12. The van der Waals surface area contributed by atoms with Crippen molar-refractivity contribution in [1.82, 2.24) is 0 Å². The van der Waals surface area contributed by atoms with E-state index >= 15 is 0 Å². The molecule has 0 saturated carbocycles. The number of benzene rings is 1. The second kappa shape index (κ2) is 5.16. The highest BCUT2D eigenvalue weighted by molar-refractivity contribution is 5.74. The highest BCUT2D eigenvalue weighted by Crippen LogP contribution is 2.23. The van der Waals surface area contributed by atoms with Crippen LogP contribution in [0.1, 0.15) is 37.3 Å². The predicted octanol–water partition coefficient (Wildman–Crippen LogP) is 4.75. The van der Waals surface area contributed by atoms with Crippen LogP contribution in [0.5, 0.6) is 0 Å². The van der Waals surface area contributed by atoms with Gasteiger partial charge in [-0.3, -0.25) is 0 Å². The van der Waals surface area contributed by atoms with Gasteiger partial charge in [-0.05, 0) is 43.2 Å². The lowest BCUT2D eigenvalue weighted by molar-refractivity contribution is 0.545. The molecule has 1 aromatic rings. The Kier molecular flexibility index (Phi) is 3.61. The van der Waals surface area contributed by atoms with E-state index in [-0.39, 0.29) is 0 Å². The molecule has 0 saturated heterocycles. The van der Waals surface area contributed by atoms with Crippen molar-refractivity contribution in [2.75, 3.05) is 0 Å². The van der Waals surface area contributed by atoms with Gasteiger partial charge >= 0.3 is 0 Å². The zero-order valence-electron chi connectivity index (χ0n) is 10.2. The van der Waals surface area contributed by atoms with E-state index in [1.165, 1.54) is 36.0 Å². The molecule has 0 bridgehead atoms. The molecule has 0 heteroatoms. The van der Waals surface area contributed by atoms with Crippen molar-refractivity contribution in [3.63, 3.8) is 0 Å². The van der Waals surface area contributed by atoms with E-state index < -0.39 is 0 Å². The zero-order chi connectivity index (χ0) is 11.4. The molecule has 0 aliphatic heterocycles. The van der Waals surface area contributed by atoms with Crippen molar-refractivity contribution in [2.24, 2.45) is 5.92 Å². The molecule has 0 radical (unpaired) electrons. The molecule has 0 N–H and O–H groups in total. The van der Waals surface area contributed by atoms with Gasteiger partial charge in [0.1, 0.15) is 0 Å². The predicted molar refractivity (Wildman–Crippen MR) is 71.3 cm³/mol. The Morgan fingerprint density at radius 1 is 1.12 bits per heavy atom. The molecule has 0 amide bonds. The van der Waals surface area contributed by atoms with Crippen LogP contribution in [0, 0.1) is 12.8 Å². The fourth-order valence-electron chi connectivity index (χ4n) is 2.07. The van der Waals surface area contributed by atoms with Gasteiger partial charge in [0.25, 0.3) is 0 Å². The van der Waals surface area contributed by atoms with Gasteiger partial charge in [-0.25, -0.2) is 0 Å². The maximum absolute atomic E-state index is 2.38. The molecule has 1 aliphatic rings. The van der Waals surface area contributed by atoms with Crippen molar-refractivity contribution in [3.8, 4) is 0 Å². The molecule has 1 atom stereocenters. The molecule has 0 nitrogen and oxygen atoms in total. The summed E-state index contributed by atoms with van der Waals surface area (Å²) in [7, 11) is 0. The summed E-state index contributed by atoms with van der Waals surface area (Å²) < 4.78 is 0. The van der Waals surface area contributed by atoms with Crippen LogP contribution >= 0.6 is 0 Å². The Hall–Kier alpha value is -1.30. The van der Waals surface area contributed by atoms with Crippen LogP contribution in [-0.4, -0.2) is 0 Å². The van der Waals surface area contributed by atoms with Gasteiger partial charge in [-0.15, -0.1) is 0 Å². The molecule has 1 unspecified atom stereocenters. The Labute approximate surface area is 98.7 Å². The van der Waals surface area contributed by atoms with E-state index in [1.54, 1.807) is 0 Å². The lowest BCUT2D eigenvalue weighted by Crippen LogP contribution is -1.95. The van der Waals surface area contributed by atoms with Crippen molar-refractivity contribution >= 4 is 5.57 Å². The van der Waals surface area contributed by atoms with Gasteiger partial charge < -0.3 is 0 Å². The number of aryl methyl sites for hydroxylation is 1. The summed E-state index contributed by atoms with van der Waals surface area (Å²) in [4.78, 5) is 0. The van der Waals surface area contributed by atoms with E-state index in [1.807, 2.05) is 0 Å². The summed E-state index contributed by atoms with van der Waals surface area (Å²) >= 11 is 0. The van der Waals surface area contributed by atoms with E-state index in [2.05, 4.69) is 56.3 Å². The Balaban J connectivity index is 2.24. The van der Waals surface area contributed by atoms with Crippen molar-refractivity contribution in [3.05, 3.63) is 53.6 Å². The van der Waals surface area contributed by atoms with Gasteiger partial charge in [0.05, 0.1) is 0 Å². The monoisotopic (exact) mass is 212 g/mol. The first kappa shape index (κ1) is 11.2. The average Bonchev–Trinajstić information content (AvgIpc) is 2.26. The van der Waals surface area contributed by atoms with E-state index in [0.717, 1.165) is 5.92 Å². The summed E-state index contributed by atoms with van der Waals surface area (Å²) in [6.07, 6.45) is 10.7. The molecule has 16 heavy (non-hydrogen) atoms. The summed E-state index contributed by atoms with van der Waals surface area (Å²) in [6.45, 7) is 4.47. The highest BCUT2D eigenvalue weighted by Gasteiger charge is 2.04. The first-order chi connectivity index (χ1) is 7.75. The largest absolute Gasteiger partial charge is 0.0839 e. The summed E-state index contributed by atoms with van der Waals surface area (Å²) in [6, 6.07) is 8.81. The third-order valence-corrected chi connectivity index (χ3v) is 3.25. The van der Waals surface area contributed by atoms with Crippen LogP contribution in [0.15, 0.2) is 42.5 Å². The molecule has 1 aliphatic carbocycles. The van der Waals surface area contributed by atoms with Gasteiger partial charge in [-0.1, -0.05) is 55.0 Å². The number of hydrogen-bond donors (Lipinski definition) is 0. The second-order valence-corrected chi connectivity index (χ2v) is 4.85. The highest BCUT2D eigenvalue weighted by atomic mass is 14.1. The van der Waals surface area contributed by atoms with Crippen LogP contribution in [-0.2, 0) is 0 Å². The van der Waals surface area contributed by atoms with Crippen LogP contribution in [0.2, 0.25) is 0 Å². The maximum atomic E-state index is 2.38. The standard InChI is InChI=1S/C16H20/c1-13-5-3-4-6-15(10-7-13)16-11-8-14(2)9-12-16/h4,6,8-13H,3,5,7H2,1-2H3/b6-4-,15-10+. The lowest BCUT2D eigenvalue weighted by atomic mass is 9.94. The minimum absolute atomic E-state index is 0.811. The number of rotatable bonds is 1. The normalized spacial score (nSPS) is 26.4. The quantitative estimate of drug-likeness (QED) is 0.630. The second-order valence-electron chi connectivity index (χ2n) is 4.85. The molecule has 84 valence electrons. The Morgan fingerprint density at radius 3 is 2.62 bits per heavy atom. The van der Waals surface area contributed by atoms with Crippen LogP contribution in [0.25, 0.3) is 5.57 Å². The fourth-order valence-corrected chi connectivity index (χ4v) is 2.07. The molecular formula is C16H20. The fraction of sp³-hybridized carbons (Fsp3) is 0.375. The molecule has 1 aromatic carbocycles. The number of hydrogen-bond acceptors (Lipinski definition) is 0. The van der Waals surface area contributed by atoms with Crippen molar-refractivity contribution < 1.29 is 0 Å². The minimum atomic E-state index is 0.811. The molecule has 2 rings (SSSR count). The first-order valence-electron chi connectivity index (χ1n) is 6.19. The number of allylic oxidation sites excluding steroid dienone is 4. The first-order valence-corrected chi connectivity index (χ1v) is 6.19. The van der Waals surface area contributed by atoms with Gasteiger partial charge in [-0.2, -0.15) is 0 Å². The Bertz CT molecular complexity index is 393. The molecule has 0 fully saturated rings. The maximum Gasteiger partial charge on any atom is -0.0187 e. The SMILES string of the molecule is Cc1ccc(C2=C/CC(C)CC/C=C\2)cc1. The average molecular weight is 212 g/mol. The van der Waals surface area contributed by atoms with Crippen molar-refractivity contribution in [2.45, 2.75) is 33.1 Å². The van der Waals surface area contributed by atoms with E-state index in [9.17, 15) is 0 Å². The minimum Gasteiger partial charge on any atom is -0.0839 e. The Morgan fingerprint density at radius 2 is 1.88 bits per heavy atom. The van der Waals surface area contributed by atoms with Crippen LogP contribution in [0.3, 0.4) is 0 Å². The van der Waals surface area contributed by atoms with E-state index in [4.69, 9.17) is 0 Å². The van der Waals surface area contributed by atoms with Crippen LogP contribution < -0.4 is 0 Å². The van der Waals surface area contributed by atoms with Crippen LogP contribution in [0.4, 0.5) is 0 Å². The third kappa shape index (κ3) is 2.85. The van der Waals surface area contributed by atoms with Gasteiger partial charge in [0.2, 0.25) is 0 Å². The van der Waals surface area contributed by atoms with Crippen molar-refractivity contribution in [1.29, 1.82) is 0 Å². The smallest absolute Gasteiger partial charge is 0.0187 e.